The standard InChI is InChI=1S/C13H26OS/c1-11(13(15)10-14-2)6-3-4-7-12-8-5-9-12/h11-13,15H,3-10H2,1-2H3/t11-,13-/m0/s1. The number of hydrogen-bond donors (Lipinski definition) is 1. The molecule has 0 aromatic heterocycles. The number of methoxy groups -OCH3 is 1. The van der Waals surface area contributed by atoms with E-state index in [1.807, 2.05) is 0 Å². The highest BCUT2D eigenvalue weighted by Gasteiger charge is 2.17. The van der Waals surface area contributed by atoms with Crippen LogP contribution in [0.25, 0.3) is 0 Å². The molecule has 1 saturated carbocycles. The Morgan fingerprint density at radius 3 is 2.60 bits per heavy atom. The van der Waals surface area contributed by atoms with E-state index in [9.17, 15) is 0 Å². The van der Waals surface area contributed by atoms with Gasteiger partial charge in [0.2, 0.25) is 0 Å². The number of rotatable bonds is 8. The van der Waals surface area contributed by atoms with Gasteiger partial charge in [-0.3, -0.25) is 0 Å². The van der Waals surface area contributed by atoms with Crippen LogP contribution in [0, 0.1) is 11.8 Å². The molecule has 1 rings (SSSR count). The van der Waals surface area contributed by atoms with Crippen LogP contribution in [0.5, 0.6) is 0 Å². The molecule has 15 heavy (non-hydrogen) atoms. The quantitative estimate of drug-likeness (QED) is 0.491. The van der Waals surface area contributed by atoms with Gasteiger partial charge in [0.15, 0.2) is 0 Å². The second-order valence-corrected chi connectivity index (χ2v) is 5.74. The lowest BCUT2D eigenvalue weighted by Gasteiger charge is -2.25. The van der Waals surface area contributed by atoms with E-state index in [0.717, 1.165) is 12.5 Å². The van der Waals surface area contributed by atoms with Gasteiger partial charge in [0.25, 0.3) is 0 Å². The van der Waals surface area contributed by atoms with E-state index in [1.54, 1.807) is 7.11 Å². The van der Waals surface area contributed by atoms with Gasteiger partial charge in [-0.15, -0.1) is 0 Å². The fourth-order valence-corrected chi connectivity index (χ4v) is 2.51. The van der Waals surface area contributed by atoms with Crippen LogP contribution in [0.2, 0.25) is 0 Å². The van der Waals surface area contributed by atoms with Gasteiger partial charge in [-0.1, -0.05) is 45.4 Å². The SMILES string of the molecule is COC[C@H](S)[C@@H](C)CCCCC1CCC1. The van der Waals surface area contributed by atoms with Crippen LogP contribution in [0.15, 0.2) is 0 Å². The van der Waals surface area contributed by atoms with Crippen molar-refractivity contribution in [3.05, 3.63) is 0 Å². The van der Waals surface area contributed by atoms with Crippen LogP contribution < -0.4 is 0 Å². The molecule has 0 radical (unpaired) electrons. The van der Waals surface area contributed by atoms with Gasteiger partial charge in [-0.2, -0.15) is 12.6 Å². The molecule has 0 bridgehead atoms. The van der Waals surface area contributed by atoms with Gasteiger partial charge in [0.05, 0.1) is 6.61 Å². The largest absolute Gasteiger partial charge is 0.384 e. The summed E-state index contributed by atoms with van der Waals surface area (Å²) in [7, 11) is 1.76. The van der Waals surface area contributed by atoms with E-state index in [0.29, 0.717) is 11.2 Å². The summed E-state index contributed by atoms with van der Waals surface area (Å²) in [6.45, 7) is 3.08. The zero-order valence-electron chi connectivity index (χ0n) is 10.2. The van der Waals surface area contributed by atoms with E-state index < -0.39 is 0 Å². The van der Waals surface area contributed by atoms with Crippen LogP contribution in [0.3, 0.4) is 0 Å². The van der Waals surface area contributed by atoms with Gasteiger partial charge >= 0.3 is 0 Å². The van der Waals surface area contributed by atoms with Crippen LogP contribution in [-0.4, -0.2) is 19.0 Å². The summed E-state index contributed by atoms with van der Waals surface area (Å²) in [6, 6.07) is 0. The fraction of sp³-hybridized carbons (Fsp3) is 1.00. The third kappa shape index (κ3) is 5.26. The highest BCUT2D eigenvalue weighted by atomic mass is 32.1. The van der Waals surface area contributed by atoms with Crippen molar-refractivity contribution in [3.8, 4) is 0 Å². The first kappa shape index (κ1) is 13.4. The lowest BCUT2D eigenvalue weighted by molar-refractivity contribution is 0.183. The summed E-state index contributed by atoms with van der Waals surface area (Å²) in [5.41, 5.74) is 0. The molecule has 1 aliphatic carbocycles. The first-order chi connectivity index (χ1) is 7.24. The molecule has 0 N–H and O–H groups in total. The Kier molecular flexibility index (Phi) is 6.74. The molecule has 1 fully saturated rings. The molecule has 2 heteroatoms. The number of ether oxygens (including phenoxy) is 1. The third-order valence-corrected chi connectivity index (χ3v) is 4.40. The first-order valence-electron chi connectivity index (χ1n) is 6.41. The van der Waals surface area contributed by atoms with Gasteiger partial charge in [0, 0.05) is 12.4 Å². The predicted octanol–water partition coefficient (Wildman–Crippen LogP) is 3.93. The molecule has 0 amide bonds. The van der Waals surface area contributed by atoms with Crippen molar-refractivity contribution in [3.63, 3.8) is 0 Å². The van der Waals surface area contributed by atoms with Gasteiger partial charge in [0.1, 0.15) is 0 Å². The Bertz CT molecular complexity index is 157. The van der Waals surface area contributed by atoms with Crippen LogP contribution in [0.1, 0.15) is 51.9 Å². The summed E-state index contributed by atoms with van der Waals surface area (Å²) in [5.74, 6) is 1.76. The molecule has 0 aliphatic heterocycles. The van der Waals surface area contributed by atoms with Crippen molar-refractivity contribution >= 4 is 12.6 Å². The van der Waals surface area contributed by atoms with Crippen molar-refractivity contribution in [1.82, 2.24) is 0 Å². The highest BCUT2D eigenvalue weighted by molar-refractivity contribution is 7.81. The lowest BCUT2D eigenvalue weighted by Crippen LogP contribution is -2.17. The van der Waals surface area contributed by atoms with Gasteiger partial charge in [-0.05, 0) is 18.3 Å². The normalized spacial score (nSPS) is 21.0. The summed E-state index contributed by atoms with van der Waals surface area (Å²) in [6.07, 6.45) is 10.0. The molecule has 0 spiro atoms. The molecule has 0 aromatic carbocycles. The highest BCUT2D eigenvalue weighted by Crippen LogP contribution is 2.31. The Morgan fingerprint density at radius 2 is 2.07 bits per heavy atom. The summed E-state index contributed by atoms with van der Waals surface area (Å²) in [5, 5.41) is 0.415. The van der Waals surface area contributed by atoms with Crippen LogP contribution in [-0.2, 0) is 4.74 Å². The van der Waals surface area contributed by atoms with E-state index in [1.165, 1.54) is 44.9 Å². The minimum absolute atomic E-state index is 0.415. The Balaban J connectivity index is 1.93. The predicted molar refractivity (Wildman–Crippen MR) is 69.6 cm³/mol. The zero-order valence-corrected chi connectivity index (χ0v) is 11.1. The Hall–Kier alpha value is 0.310. The van der Waals surface area contributed by atoms with Crippen molar-refractivity contribution in [2.45, 2.75) is 57.1 Å². The maximum absolute atomic E-state index is 5.12. The van der Waals surface area contributed by atoms with Crippen LogP contribution in [0.4, 0.5) is 0 Å². The van der Waals surface area contributed by atoms with Gasteiger partial charge < -0.3 is 4.74 Å². The topological polar surface area (TPSA) is 9.23 Å². The second-order valence-electron chi connectivity index (χ2n) is 5.08. The molecule has 1 aliphatic rings. The first-order valence-corrected chi connectivity index (χ1v) is 6.92. The van der Waals surface area contributed by atoms with Crippen LogP contribution >= 0.6 is 12.6 Å². The number of unbranched alkanes of at least 4 members (excludes halogenated alkanes) is 1. The number of hydrogen-bond acceptors (Lipinski definition) is 2. The average molecular weight is 230 g/mol. The molecule has 0 heterocycles. The van der Waals surface area contributed by atoms with Gasteiger partial charge in [-0.25, -0.2) is 0 Å². The van der Waals surface area contributed by atoms with Crippen molar-refractivity contribution in [1.29, 1.82) is 0 Å². The zero-order chi connectivity index (χ0) is 11.1. The molecule has 90 valence electrons. The molecule has 0 aromatic rings. The van der Waals surface area contributed by atoms with E-state index in [2.05, 4.69) is 19.6 Å². The molecular formula is C13H26OS. The van der Waals surface area contributed by atoms with E-state index >= 15 is 0 Å². The minimum Gasteiger partial charge on any atom is -0.384 e. The smallest absolute Gasteiger partial charge is 0.0581 e. The second kappa shape index (κ2) is 7.56. The van der Waals surface area contributed by atoms with Crippen molar-refractivity contribution in [2.75, 3.05) is 13.7 Å². The van der Waals surface area contributed by atoms with Crippen molar-refractivity contribution < 1.29 is 4.74 Å². The fourth-order valence-electron chi connectivity index (χ4n) is 2.21. The maximum atomic E-state index is 5.12. The van der Waals surface area contributed by atoms with E-state index in [-0.39, 0.29) is 0 Å². The lowest BCUT2D eigenvalue weighted by atomic mass is 9.81. The Labute approximate surface area is 100 Å². The summed E-state index contributed by atoms with van der Waals surface area (Å²) in [4.78, 5) is 0. The molecule has 1 nitrogen and oxygen atoms in total. The maximum Gasteiger partial charge on any atom is 0.0581 e. The molecule has 0 saturated heterocycles. The molecule has 0 unspecified atom stereocenters. The Morgan fingerprint density at radius 1 is 1.33 bits per heavy atom. The van der Waals surface area contributed by atoms with Crippen molar-refractivity contribution in [2.24, 2.45) is 11.8 Å². The van der Waals surface area contributed by atoms with E-state index in [4.69, 9.17) is 4.74 Å². The average Bonchev–Trinajstić information content (AvgIpc) is 2.14. The third-order valence-electron chi connectivity index (χ3n) is 3.74. The number of thiol groups is 1. The summed E-state index contributed by atoms with van der Waals surface area (Å²) < 4.78 is 5.12. The minimum atomic E-state index is 0.415. The molecule has 2 atom stereocenters. The summed E-state index contributed by atoms with van der Waals surface area (Å²) >= 11 is 4.55. The monoisotopic (exact) mass is 230 g/mol. The molecular weight excluding hydrogens is 204 g/mol.